The van der Waals surface area contributed by atoms with Crippen LogP contribution in [0.4, 0.5) is 4.79 Å². The molecule has 0 N–H and O–H groups in total. The second-order valence-electron chi connectivity index (χ2n) is 11.4. The van der Waals surface area contributed by atoms with Crippen molar-refractivity contribution < 1.29 is 33.7 Å². The number of hydrogen-bond acceptors (Lipinski definition) is 12. The molecule has 2 aliphatic rings. The molecule has 15 nitrogen and oxygen atoms in total. The predicted octanol–water partition coefficient (Wildman–Crippen LogP) is 5.15. The van der Waals surface area contributed by atoms with Gasteiger partial charge in [-0.25, -0.2) is 4.79 Å². The molecule has 2 aromatic carbocycles. The molecule has 1 aromatic heterocycles. The lowest BCUT2D eigenvalue weighted by molar-refractivity contribution is -0.758. The molecule has 1 unspecified atom stereocenters. The second-order valence-corrected chi connectivity index (χ2v) is 11.4. The highest BCUT2D eigenvalue weighted by Gasteiger charge is 2.49. The summed E-state index contributed by atoms with van der Waals surface area (Å²) in [5.41, 5.74) is 3.05. The Hall–Kier alpha value is -4.92. The van der Waals surface area contributed by atoms with E-state index in [1.165, 1.54) is 4.80 Å². The number of hydrogen-bond donors (Lipinski definition) is 0. The maximum atomic E-state index is 13.5. The van der Waals surface area contributed by atoms with Crippen LogP contribution in [-0.2, 0) is 30.4 Å². The number of tetrazole rings is 1. The number of ether oxygens (including phenoxy) is 3. The fourth-order valence-electron chi connectivity index (χ4n) is 5.76. The highest BCUT2D eigenvalue weighted by atomic mass is 17.0. The van der Waals surface area contributed by atoms with Gasteiger partial charge >= 0.3 is 6.16 Å². The molecular formula is C32H39N7O8. The highest BCUT2D eigenvalue weighted by molar-refractivity contribution is 6.08. The molecular weight excluding hydrogens is 610 g/mol. The van der Waals surface area contributed by atoms with Crippen LogP contribution in [-0.4, -0.2) is 80.1 Å². The lowest BCUT2D eigenvalue weighted by Gasteiger charge is -2.23. The zero-order chi connectivity index (χ0) is 33.2. The summed E-state index contributed by atoms with van der Waals surface area (Å²) in [6, 6.07) is 15.8. The monoisotopic (exact) mass is 649 g/mol. The summed E-state index contributed by atoms with van der Waals surface area (Å²) in [5.74, 6) is 1.41. The van der Waals surface area contributed by atoms with Crippen molar-refractivity contribution in [2.75, 3.05) is 26.4 Å². The van der Waals surface area contributed by atoms with Gasteiger partial charge in [-0.3, -0.25) is 14.7 Å². The minimum absolute atomic E-state index is 0.0133. The molecule has 15 heteroatoms. The van der Waals surface area contributed by atoms with Crippen molar-refractivity contribution in [1.82, 2.24) is 25.1 Å². The third kappa shape index (κ3) is 8.27. The van der Waals surface area contributed by atoms with Gasteiger partial charge in [0, 0.05) is 12.0 Å². The first-order valence-electron chi connectivity index (χ1n) is 15.9. The van der Waals surface area contributed by atoms with Gasteiger partial charge in [0.15, 0.2) is 0 Å². The topological polar surface area (TPSA) is 173 Å². The summed E-state index contributed by atoms with van der Waals surface area (Å²) in [6.07, 6.45) is 4.77. The summed E-state index contributed by atoms with van der Waals surface area (Å²) >= 11 is 0. The van der Waals surface area contributed by atoms with Crippen molar-refractivity contribution in [3.8, 4) is 22.5 Å². The van der Waals surface area contributed by atoms with Crippen molar-refractivity contribution >= 4 is 17.9 Å². The molecule has 1 atom stereocenters. The van der Waals surface area contributed by atoms with Crippen molar-refractivity contribution in [3.05, 3.63) is 64.2 Å². The molecule has 1 saturated carbocycles. The van der Waals surface area contributed by atoms with Crippen molar-refractivity contribution in [3.63, 3.8) is 0 Å². The first-order chi connectivity index (χ1) is 22.8. The zero-order valence-electron chi connectivity index (χ0n) is 26.6. The number of amidine groups is 1. The first kappa shape index (κ1) is 33.4. The fraction of sp³-hybridized carbons (Fsp3) is 0.500. The van der Waals surface area contributed by atoms with E-state index in [9.17, 15) is 19.7 Å². The van der Waals surface area contributed by atoms with E-state index in [4.69, 9.17) is 19.2 Å². The van der Waals surface area contributed by atoms with Crippen LogP contribution < -0.4 is 0 Å². The molecule has 1 amide bonds. The average molecular weight is 650 g/mol. The number of aliphatic imine (C=N–C) groups is 1. The smallest absolute Gasteiger partial charge is 0.432 e. The molecule has 47 heavy (non-hydrogen) atoms. The standard InChI is InChI=1S/C32H39N7O8/c1-3-4-11-28-33-32(16-7-8-17-32)30(40)37(28)22-24-12-14-25(15-13-24)26-9-5-6-10-27(26)29-34-36-38(35-29)23(2)47-31(41)45-20-18-44-19-21-46-39(42)43/h5-6,9-10,12-15,23H,3-4,7-8,11,16-22H2,1-2H3. The van der Waals surface area contributed by atoms with Gasteiger partial charge in [0.05, 0.1) is 19.8 Å². The molecule has 2 heterocycles. The average Bonchev–Trinajstić information content (AvgIpc) is 3.81. The Morgan fingerprint density at radius 3 is 2.49 bits per heavy atom. The molecule has 1 spiro atoms. The second kappa shape index (κ2) is 15.6. The summed E-state index contributed by atoms with van der Waals surface area (Å²) in [6.45, 7) is 3.86. The molecule has 0 bridgehead atoms. The Balaban J connectivity index is 1.19. The number of unbranched alkanes of at least 4 members (excludes halogenated alkanes) is 1. The summed E-state index contributed by atoms with van der Waals surface area (Å²) < 4.78 is 15.3. The molecule has 1 aliphatic heterocycles. The SMILES string of the molecule is CCCCC1=NC2(CCCC2)C(=O)N1Cc1ccc(-c2ccccc2-c2nnn(C(C)OC(=O)OCCOCCO[N+](=O)[O-])n2)cc1. The van der Waals surface area contributed by atoms with Gasteiger partial charge in [0.2, 0.25) is 12.1 Å². The zero-order valence-corrected chi connectivity index (χ0v) is 26.6. The number of carbonyl (C=O) groups is 2. The summed E-state index contributed by atoms with van der Waals surface area (Å²) in [5, 5.41) is 21.9. The molecule has 250 valence electrons. The highest BCUT2D eigenvalue weighted by Crippen LogP contribution is 2.40. The van der Waals surface area contributed by atoms with Crippen molar-refractivity contribution in [2.45, 2.75) is 77.1 Å². The minimum Gasteiger partial charge on any atom is -0.432 e. The van der Waals surface area contributed by atoms with Gasteiger partial charge in [-0.2, -0.15) is 0 Å². The summed E-state index contributed by atoms with van der Waals surface area (Å²) in [4.78, 5) is 47.9. The van der Waals surface area contributed by atoms with Gasteiger partial charge in [-0.1, -0.05) is 74.7 Å². The molecule has 1 aliphatic carbocycles. The van der Waals surface area contributed by atoms with Gasteiger partial charge in [0.25, 0.3) is 11.0 Å². The van der Waals surface area contributed by atoms with Crippen LogP contribution in [0, 0.1) is 10.1 Å². The van der Waals surface area contributed by atoms with E-state index in [2.05, 4.69) is 27.2 Å². The van der Waals surface area contributed by atoms with Crippen LogP contribution in [0.5, 0.6) is 0 Å². The Kier molecular flexibility index (Phi) is 11.1. The molecule has 1 fully saturated rings. The normalized spacial score (nSPS) is 15.9. The van der Waals surface area contributed by atoms with E-state index < -0.39 is 23.0 Å². The fourth-order valence-corrected chi connectivity index (χ4v) is 5.76. The Morgan fingerprint density at radius 2 is 1.77 bits per heavy atom. The molecule has 5 rings (SSSR count). The Morgan fingerprint density at radius 1 is 1.04 bits per heavy atom. The number of rotatable bonds is 16. The summed E-state index contributed by atoms with van der Waals surface area (Å²) in [7, 11) is 0. The van der Waals surface area contributed by atoms with Crippen LogP contribution in [0.1, 0.15) is 70.6 Å². The quantitative estimate of drug-likeness (QED) is 0.0869. The maximum Gasteiger partial charge on any atom is 0.510 e. The lowest BCUT2D eigenvalue weighted by Crippen LogP contribution is -2.40. The van der Waals surface area contributed by atoms with Crippen LogP contribution in [0.15, 0.2) is 53.5 Å². The van der Waals surface area contributed by atoms with Crippen LogP contribution in [0.2, 0.25) is 0 Å². The predicted molar refractivity (Wildman–Crippen MR) is 168 cm³/mol. The van der Waals surface area contributed by atoms with E-state index in [0.29, 0.717) is 12.4 Å². The van der Waals surface area contributed by atoms with Crippen LogP contribution in [0.3, 0.4) is 0 Å². The number of aromatic nitrogens is 4. The minimum atomic E-state index is -0.959. The van der Waals surface area contributed by atoms with E-state index in [-0.39, 0.29) is 32.3 Å². The van der Waals surface area contributed by atoms with Crippen LogP contribution >= 0.6 is 0 Å². The van der Waals surface area contributed by atoms with Gasteiger partial charge in [-0.05, 0) is 48.1 Å². The number of nitrogens with zero attached hydrogens (tertiary/aromatic N) is 7. The molecule has 0 saturated heterocycles. The third-order valence-corrected chi connectivity index (χ3v) is 8.15. The van der Waals surface area contributed by atoms with E-state index in [0.717, 1.165) is 73.0 Å². The lowest BCUT2D eigenvalue weighted by atomic mass is 9.97. The molecule has 3 aromatic rings. The van der Waals surface area contributed by atoms with E-state index >= 15 is 0 Å². The largest absolute Gasteiger partial charge is 0.510 e. The van der Waals surface area contributed by atoms with Crippen molar-refractivity contribution in [1.29, 1.82) is 0 Å². The van der Waals surface area contributed by atoms with E-state index in [1.54, 1.807) is 6.92 Å². The van der Waals surface area contributed by atoms with Gasteiger partial charge in [0.1, 0.15) is 24.6 Å². The third-order valence-electron chi connectivity index (χ3n) is 8.15. The number of carbonyl (C=O) groups excluding carboxylic acids is 2. The van der Waals surface area contributed by atoms with Crippen molar-refractivity contribution in [2.24, 2.45) is 4.99 Å². The first-order valence-corrected chi connectivity index (χ1v) is 15.9. The van der Waals surface area contributed by atoms with E-state index in [1.807, 2.05) is 53.4 Å². The molecule has 0 radical (unpaired) electrons. The Bertz CT molecular complexity index is 1570. The van der Waals surface area contributed by atoms with Crippen LogP contribution in [0.25, 0.3) is 22.5 Å². The Labute approximate surface area is 271 Å². The van der Waals surface area contributed by atoms with Gasteiger partial charge < -0.3 is 19.0 Å². The van der Waals surface area contributed by atoms with Gasteiger partial charge in [-0.15, -0.1) is 25.1 Å². The number of amides is 1. The maximum absolute atomic E-state index is 13.5. The number of benzene rings is 2.